The van der Waals surface area contributed by atoms with E-state index in [0.717, 1.165) is 46.8 Å². The minimum absolute atomic E-state index is 0.0709. The van der Waals surface area contributed by atoms with Crippen molar-refractivity contribution in [3.05, 3.63) is 88.2 Å². The molecular weight excluding hydrogens is 460 g/mol. The quantitative estimate of drug-likeness (QED) is 0.305. The number of rotatable bonds is 7. The molecule has 8 heteroatoms. The summed E-state index contributed by atoms with van der Waals surface area (Å²) in [6.45, 7) is 3.05. The van der Waals surface area contributed by atoms with Crippen molar-refractivity contribution in [3.8, 4) is 17.1 Å². The molecule has 0 bridgehead atoms. The molecule has 1 amide bonds. The van der Waals surface area contributed by atoms with E-state index in [2.05, 4.69) is 15.1 Å². The highest BCUT2D eigenvalue weighted by molar-refractivity contribution is 7.09. The zero-order chi connectivity index (χ0) is 24.0. The maximum atomic E-state index is 13.1. The molecule has 0 saturated carbocycles. The Kier molecular flexibility index (Phi) is 6.99. The summed E-state index contributed by atoms with van der Waals surface area (Å²) >= 11 is 1.61. The van der Waals surface area contributed by atoms with Crippen LogP contribution in [0.5, 0.6) is 5.75 Å². The number of likely N-dealkylation sites (tertiary alicyclic amines) is 1. The molecule has 3 heterocycles. The van der Waals surface area contributed by atoms with Gasteiger partial charge in [-0.2, -0.15) is 4.98 Å². The third kappa shape index (κ3) is 5.66. The molecule has 0 N–H and O–H groups in total. The minimum Gasteiger partial charge on any atom is -0.487 e. The first-order chi connectivity index (χ1) is 17.2. The minimum atomic E-state index is -0.220. The molecule has 4 aromatic rings. The first-order valence-electron chi connectivity index (χ1n) is 11.7. The number of carbonyl (C=O) groups excluding carboxylic acids is 1. The van der Waals surface area contributed by atoms with E-state index in [1.54, 1.807) is 17.4 Å². The van der Waals surface area contributed by atoms with Crippen molar-refractivity contribution in [2.75, 3.05) is 6.54 Å². The fourth-order valence-corrected chi connectivity index (χ4v) is 4.73. The molecule has 7 nitrogen and oxygen atoms in total. The molecule has 2 aromatic heterocycles. The van der Waals surface area contributed by atoms with Crippen LogP contribution in [-0.2, 0) is 11.4 Å². The van der Waals surface area contributed by atoms with Crippen LogP contribution in [0.15, 0.2) is 70.6 Å². The summed E-state index contributed by atoms with van der Waals surface area (Å²) in [6.07, 6.45) is 6.19. The van der Waals surface area contributed by atoms with Gasteiger partial charge < -0.3 is 14.2 Å². The number of nitrogens with zero attached hydrogens (tertiary/aromatic N) is 4. The molecule has 0 aliphatic carbocycles. The lowest BCUT2D eigenvalue weighted by molar-refractivity contribution is -0.130. The van der Waals surface area contributed by atoms with E-state index < -0.39 is 0 Å². The maximum absolute atomic E-state index is 13.1. The van der Waals surface area contributed by atoms with Gasteiger partial charge in [0.05, 0.1) is 10.7 Å². The summed E-state index contributed by atoms with van der Waals surface area (Å²) in [6, 6.07) is 17.2. The summed E-state index contributed by atoms with van der Waals surface area (Å²) in [4.78, 5) is 24.0. The number of piperidine rings is 1. The van der Waals surface area contributed by atoms with Gasteiger partial charge in [0.15, 0.2) is 0 Å². The Balaban J connectivity index is 1.26. The number of carbonyl (C=O) groups is 1. The van der Waals surface area contributed by atoms with Gasteiger partial charge in [-0.15, -0.1) is 11.3 Å². The number of benzene rings is 2. The number of amides is 1. The topological polar surface area (TPSA) is 81.4 Å². The van der Waals surface area contributed by atoms with Crippen LogP contribution in [-0.4, -0.2) is 32.5 Å². The fourth-order valence-electron chi connectivity index (χ4n) is 4.13. The summed E-state index contributed by atoms with van der Waals surface area (Å²) in [5.41, 5.74) is 2.70. The molecule has 178 valence electrons. The van der Waals surface area contributed by atoms with Gasteiger partial charge >= 0.3 is 0 Å². The molecule has 0 radical (unpaired) electrons. The molecular formula is C27H26N4O3S. The Bertz CT molecular complexity index is 1310. The predicted molar refractivity (Wildman–Crippen MR) is 135 cm³/mol. The van der Waals surface area contributed by atoms with Gasteiger partial charge in [0.2, 0.25) is 17.6 Å². The first-order valence-corrected chi connectivity index (χ1v) is 12.6. The molecule has 1 saturated heterocycles. The van der Waals surface area contributed by atoms with Gasteiger partial charge in [0.25, 0.3) is 0 Å². The van der Waals surface area contributed by atoms with Crippen LogP contribution in [0, 0.1) is 6.92 Å². The molecule has 1 fully saturated rings. The second-order valence-electron chi connectivity index (χ2n) is 8.42. The van der Waals surface area contributed by atoms with Gasteiger partial charge in [0, 0.05) is 23.6 Å². The number of hydrogen-bond acceptors (Lipinski definition) is 7. The first kappa shape index (κ1) is 23.0. The number of thiazole rings is 1. The van der Waals surface area contributed by atoms with Crippen molar-refractivity contribution in [2.45, 2.75) is 38.8 Å². The Morgan fingerprint density at radius 3 is 2.89 bits per heavy atom. The monoisotopic (exact) mass is 486 g/mol. The summed E-state index contributed by atoms with van der Waals surface area (Å²) < 4.78 is 11.5. The molecule has 1 atom stereocenters. The smallest absolute Gasteiger partial charge is 0.249 e. The maximum Gasteiger partial charge on any atom is 0.249 e. The predicted octanol–water partition coefficient (Wildman–Crippen LogP) is 5.85. The van der Waals surface area contributed by atoms with Crippen molar-refractivity contribution in [1.29, 1.82) is 0 Å². The van der Waals surface area contributed by atoms with Crippen molar-refractivity contribution >= 4 is 23.3 Å². The van der Waals surface area contributed by atoms with E-state index in [9.17, 15) is 4.79 Å². The van der Waals surface area contributed by atoms with E-state index in [-0.39, 0.29) is 11.9 Å². The van der Waals surface area contributed by atoms with E-state index in [1.165, 1.54) is 0 Å². The zero-order valence-electron chi connectivity index (χ0n) is 19.5. The molecule has 2 aromatic carbocycles. The third-order valence-corrected chi connectivity index (χ3v) is 6.70. The van der Waals surface area contributed by atoms with Crippen molar-refractivity contribution in [2.24, 2.45) is 0 Å². The van der Waals surface area contributed by atoms with Gasteiger partial charge in [-0.25, -0.2) is 4.98 Å². The molecule has 5 rings (SSSR count). The number of aromatic nitrogens is 3. The lowest BCUT2D eigenvalue weighted by Crippen LogP contribution is -2.37. The lowest BCUT2D eigenvalue weighted by Gasteiger charge is -2.32. The van der Waals surface area contributed by atoms with Crippen molar-refractivity contribution in [1.82, 2.24) is 20.0 Å². The molecule has 0 spiro atoms. The highest BCUT2D eigenvalue weighted by Crippen LogP contribution is 2.31. The average molecular weight is 487 g/mol. The van der Waals surface area contributed by atoms with Crippen molar-refractivity contribution < 1.29 is 14.1 Å². The van der Waals surface area contributed by atoms with Crippen LogP contribution in [0.4, 0.5) is 0 Å². The Morgan fingerprint density at radius 1 is 1.17 bits per heavy atom. The zero-order valence-corrected chi connectivity index (χ0v) is 20.3. The van der Waals surface area contributed by atoms with Gasteiger partial charge in [-0.3, -0.25) is 4.79 Å². The van der Waals surface area contributed by atoms with Crippen LogP contribution in [0.1, 0.15) is 47.5 Å². The number of ether oxygens (including phenoxy) is 1. The third-order valence-electron chi connectivity index (χ3n) is 5.87. The van der Waals surface area contributed by atoms with Crippen LogP contribution in [0.3, 0.4) is 0 Å². The van der Waals surface area contributed by atoms with Gasteiger partial charge in [0.1, 0.15) is 18.4 Å². The average Bonchev–Trinajstić information content (AvgIpc) is 3.56. The van der Waals surface area contributed by atoms with Crippen LogP contribution in [0.2, 0.25) is 0 Å². The standard InChI is InChI=1S/C27H26N4O3S/c1-19-28-22(18-35-19)17-33-23-11-7-8-20(16-23)13-14-25(32)31-15-6-5-12-24(31)27-29-26(30-34-27)21-9-3-2-4-10-21/h2-4,7-11,13-14,16,18,24H,5-6,12,15,17H2,1H3/b14-13+/t24-/m1/s1. The molecule has 1 aliphatic heterocycles. The molecule has 1 aliphatic rings. The number of aryl methyl sites for hydroxylation is 1. The fraction of sp³-hybridized carbons (Fsp3) is 0.259. The SMILES string of the molecule is Cc1nc(COc2cccc(/C=C/C(=O)N3CCCC[C@@H]3c3nc(-c4ccccc4)no3)c2)cs1. The van der Waals surface area contributed by atoms with Gasteiger partial charge in [-0.05, 0) is 50.0 Å². The largest absolute Gasteiger partial charge is 0.487 e. The van der Waals surface area contributed by atoms with Crippen molar-refractivity contribution in [3.63, 3.8) is 0 Å². The second kappa shape index (κ2) is 10.7. The van der Waals surface area contributed by atoms with Gasteiger partial charge in [-0.1, -0.05) is 47.6 Å². The Labute approximate surface area is 208 Å². The number of hydrogen-bond donors (Lipinski definition) is 0. The van der Waals surface area contributed by atoms with E-state index >= 15 is 0 Å². The highest BCUT2D eigenvalue weighted by atomic mass is 32.1. The van der Waals surface area contributed by atoms with Crippen LogP contribution < -0.4 is 4.74 Å². The van der Waals surface area contributed by atoms with E-state index in [4.69, 9.17) is 9.26 Å². The molecule has 0 unspecified atom stereocenters. The van der Waals surface area contributed by atoms with Crippen LogP contribution >= 0.6 is 11.3 Å². The van der Waals surface area contributed by atoms with E-state index in [1.807, 2.05) is 77.9 Å². The highest BCUT2D eigenvalue weighted by Gasteiger charge is 2.31. The second-order valence-corrected chi connectivity index (χ2v) is 9.48. The normalized spacial score (nSPS) is 16.0. The molecule has 35 heavy (non-hydrogen) atoms. The summed E-state index contributed by atoms with van der Waals surface area (Å²) in [7, 11) is 0. The summed E-state index contributed by atoms with van der Waals surface area (Å²) in [5.74, 6) is 1.69. The lowest BCUT2D eigenvalue weighted by atomic mass is 10.0. The Hall–Kier alpha value is -3.78. The van der Waals surface area contributed by atoms with Crippen LogP contribution in [0.25, 0.3) is 17.5 Å². The van der Waals surface area contributed by atoms with E-state index in [0.29, 0.717) is 24.9 Å². The summed E-state index contributed by atoms with van der Waals surface area (Å²) in [5, 5.41) is 7.16. The Morgan fingerprint density at radius 2 is 2.06 bits per heavy atom.